The molecule has 1 aliphatic rings. The Morgan fingerprint density at radius 1 is 1.17 bits per heavy atom. The van der Waals surface area contributed by atoms with E-state index in [1.54, 1.807) is 12.1 Å². The standard InChI is InChI=1S/C17H14ClN3O3/c1-2-7-21-16(23)12-5-3-10(8-13(12)17(21)24)15(22)20-14-6-4-11(18)9-19-14/h3-6,8-9H,2,7H2,1H3,(H,19,20,22). The second-order valence-electron chi connectivity index (χ2n) is 5.34. The Kier molecular flexibility index (Phi) is 4.31. The van der Waals surface area contributed by atoms with Gasteiger partial charge in [-0.3, -0.25) is 19.3 Å². The van der Waals surface area contributed by atoms with Gasteiger partial charge >= 0.3 is 0 Å². The summed E-state index contributed by atoms with van der Waals surface area (Å²) < 4.78 is 0. The first-order valence-electron chi connectivity index (χ1n) is 7.44. The number of carbonyl (C=O) groups is 3. The molecule has 24 heavy (non-hydrogen) atoms. The zero-order valence-corrected chi connectivity index (χ0v) is 13.6. The number of nitrogens with zero attached hydrogens (tertiary/aromatic N) is 2. The van der Waals surface area contributed by atoms with Gasteiger partial charge in [-0.05, 0) is 36.8 Å². The molecule has 1 aliphatic heterocycles. The number of fused-ring (bicyclic) bond motifs is 1. The van der Waals surface area contributed by atoms with E-state index in [1.165, 1.54) is 29.3 Å². The van der Waals surface area contributed by atoms with Crippen LogP contribution >= 0.6 is 11.6 Å². The fourth-order valence-corrected chi connectivity index (χ4v) is 2.61. The monoisotopic (exact) mass is 343 g/mol. The molecule has 1 N–H and O–H groups in total. The van der Waals surface area contributed by atoms with Crippen LogP contribution in [0.4, 0.5) is 5.82 Å². The number of amides is 3. The third-order valence-electron chi connectivity index (χ3n) is 3.65. The number of halogens is 1. The molecule has 0 aliphatic carbocycles. The van der Waals surface area contributed by atoms with Gasteiger partial charge in [-0.2, -0.15) is 0 Å². The second kappa shape index (κ2) is 6.41. The number of rotatable bonds is 4. The lowest BCUT2D eigenvalue weighted by molar-refractivity contribution is 0.0654. The van der Waals surface area contributed by atoms with Crippen molar-refractivity contribution in [2.24, 2.45) is 0 Å². The molecule has 1 aromatic heterocycles. The van der Waals surface area contributed by atoms with Crippen LogP contribution in [0.5, 0.6) is 0 Å². The van der Waals surface area contributed by atoms with Crippen molar-refractivity contribution in [3.63, 3.8) is 0 Å². The molecule has 122 valence electrons. The van der Waals surface area contributed by atoms with Gasteiger partial charge in [0.25, 0.3) is 17.7 Å². The lowest BCUT2D eigenvalue weighted by atomic mass is 10.1. The van der Waals surface area contributed by atoms with Gasteiger partial charge in [0, 0.05) is 18.3 Å². The van der Waals surface area contributed by atoms with E-state index >= 15 is 0 Å². The van der Waals surface area contributed by atoms with Gasteiger partial charge in [-0.15, -0.1) is 0 Å². The molecule has 3 amide bonds. The highest BCUT2D eigenvalue weighted by molar-refractivity contribution is 6.30. The summed E-state index contributed by atoms with van der Waals surface area (Å²) in [7, 11) is 0. The normalized spacial score (nSPS) is 13.2. The molecule has 3 rings (SSSR count). The number of imide groups is 1. The molecule has 0 atom stereocenters. The lowest BCUT2D eigenvalue weighted by Gasteiger charge is -2.11. The molecular weight excluding hydrogens is 330 g/mol. The van der Waals surface area contributed by atoms with Crippen molar-refractivity contribution in [1.29, 1.82) is 0 Å². The number of aromatic nitrogens is 1. The number of anilines is 1. The summed E-state index contributed by atoms with van der Waals surface area (Å²) in [5.74, 6) is -0.749. The van der Waals surface area contributed by atoms with Crippen LogP contribution in [0.25, 0.3) is 0 Å². The number of nitrogens with one attached hydrogen (secondary N) is 1. The molecule has 0 saturated carbocycles. The fourth-order valence-electron chi connectivity index (χ4n) is 2.50. The molecule has 0 spiro atoms. The van der Waals surface area contributed by atoms with Gasteiger partial charge in [0.05, 0.1) is 16.1 Å². The van der Waals surface area contributed by atoms with Gasteiger partial charge in [-0.1, -0.05) is 18.5 Å². The van der Waals surface area contributed by atoms with Crippen molar-refractivity contribution in [1.82, 2.24) is 9.88 Å². The maximum Gasteiger partial charge on any atom is 0.261 e. The summed E-state index contributed by atoms with van der Waals surface area (Å²) in [6.45, 7) is 2.25. The van der Waals surface area contributed by atoms with Crippen molar-refractivity contribution in [3.8, 4) is 0 Å². The van der Waals surface area contributed by atoms with Crippen molar-refractivity contribution >= 4 is 35.1 Å². The average molecular weight is 344 g/mol. The summed E-state index contributed by atoms with van der Waals surface area (Å²) in [4.78, 5) is 42.0. The molecule has 2 heterocycles. The fraction of sp³-hybridized carbons (Fsp3) is 0.176. The maximum atomic E-state index is 12.3. The van der Waals surface area contributed by atoms with Crippen LogP contribution in [-0.4, -0.2) is 34.2 Å². The average Bonchev–Trinajstić information content (AvgIpc) is 2.82. The summed E-state index contributed by atoms with van der Waals surface area (Å²) in [6.07, 6.45) is 2.10. The van der Waals surface area contributed by atoms with Crippen LogP contribution < -0.4 is 5.32 Å². The van der Waals surface area contributed by atoms with Crippen molar-refractivity contribution in [3.05, 3.63) is 58.2 Å². The summed E-state index contributed by atoms with van der Waals surface area (Å²) in [5, 5.41) is 3.08. The summed E-state index contributed by atoms with van der Waals surface area (Å²) >= 11 is 5.75. The third kappa shape index (κ3) is 2.88. The van der Waals surface area contributed by atoms with E-state index in [9.17, 15) is 14.4 Å². The highest BCUT2D eigenvalue weighted by Crippen LogP contribution is 2.24. The SMILES string of the molecule is CCCN1C(=O)c2ccc(C(=O)Nc3ccc(Cl)cn3)cc2C1=O. The van der Waals surface area contributed by atoms with E-state index in [1.807, 2.05) is 6.92 Å². The second-order valence-corrected chi connectivity index (χ2v) is 5.77. The molecular formula is C17H14ClN3O3. The Labute approximate surface area is 143 Å². The van der Waals surface area contributed by atoms with Gasteiger partial charge in [0.1, 0.15) is 5.82 Å². The molecule has 6 nitrogen and oxygen atoms in total. The predicted octanol–water partition coefficient (Wildman–Crippen LogP) is 2.99. The largest absolute Gasteiger partial charge is 0.307 e. The van der Waals surface area contributed by atoms with E-state index in [2.05, 4.69) is 10.3 Å². The van der Waals surface area contributed by atoms with Gasteiger partial charge < -0.3 is 5.32 Å². The molecule has 0 fully saturated rings. The van der Waals surface area contributed by atoms with Crippen molar-refractivity contribution in [2.75, 3.05) is 11.9 Å². The Bertz CT molecular complexity index is 833. The smallest absolute Gasteiger partial charge is 0.261 e. The number of carbonyl (C=O) groups excluding carboxylic acids is 3. The maximum absolute atomic E-state index is 12.3. The minimum absolute atomic E-state index is 0.255. The Balaban J connectivity index is 1.84. The first-order valence-corrected chi connectivity index (χ1v) is 7.82. The third-order valence-corrected chi connectivity index (χ3v) is 3.87. The first-order chi connectivity index (χ1) is 11.5. The first kappa shape index (κ1) is 16.1. The number of benzene rings is 1. The van der Waals surface area contributed by atoms with Gasteiger partial charge in [-0.25, -0.2) is 4.98 Å². The topological polar surface area (TPSA) is 79.4 Å². The quantitative estimate of drug-likeness (QED) is 0.865. The Hall–Kier alpha value is -2.73. The van der Waals surface area contributed by atoms with Crippen LogP contribution in [0.3, 0.4) is 0 Å². The van der Waals surface area contributed by atoms with E-state index in [0.29, 0.717) is 29.4 Å². The number of pyridine rings is 1. The number of hydrogen-bond acceptors (Lipinski definition) is 4. The van der Waals surface area contributed by atoms with E-state index in [0.717, 1.165) is 0 Å². The van der Waals surface area contributed by atoms with Crippen LogP contribution in [0.2, 0.25) is 5.02 Å². The lowest BCUT2D eigenvalue weighted by Crippen LogP contribution is -2.30. The van der Waals surface area contributed by atoms with E-state index < -0.39 is 5.91 Å². The number of hydrogen-bond donors (Lipinski definition) is 1. The summed E-state index contributed by atoms with van der Waals surface area (Å²) in [5.41, 5.74) is 0.866. The molecule has 0 radical (unpaired) electrons. The van der Waals surface area contributed by atoms with E-state index in [-0.39, 0.29) is 22.9 Å². The minimum Gasteiger partial charge on any atom is -0.307 e. The predicted molar refractivity (Wildman–Crippen MR) is 89.3 cm³/mol. The molecule has 0 bridgehead atoms. The molecule has 0 unspecified atom stereocenters. The van der Waals surface area contributed by atoms with Gasteiger partial charge in [0.15, 0.2) is 0 Å². The molecule has 1 aromatic carbocycles. The highest BCUT2D eigenvalue weighted by atomic mass is 35.5. The molecule has 2 aromatic rings. The van der Waals surface area contributed by atoms with E-state index in [4.69, 9.17) is 11.6 Å². The van der Waals surface area contributed by atoms with Crippen LogP contribution in [0.15, 0.2) is 36.5 Å². The van der Waals surface area contributed by atoms with Crippen molar-refractivity contribution in [2.45, 2.75) is 13.3 Å². The summed E-state index contributed by atoms with van der Waals surface area (Å²) in [6, 6.07) is 7.65. The van der Waals surface area contributed by atoms with Gasteiger partial charge in [0.2, 0.25) is 0 Å². The zero-order chi connectivity index (χ0) is 17.3. The molecule has 7 heteroatoms. The van der Waals surface area contributed by atoms with Crippen molar-refractivity contribution < 1.29 is 14.4 Å². The Morgan fingerprint density at radius 2 is 1.92 bits per heavy atom. The molecule has 0 saturated heterocycles. The van der Waals surface area contributed by atoms with Crippen LogP contribution in [0.1, 0.15) is 44.4 Å². The Morgan fingerprint density at radius 3 is 2.58 bits per heavy atom. The highest BCUT2D eigenvalue weighted by Gasteiger charge is 2.35. The zero-order valence-electron chi connectivity index (χ0n) is 12.9. The minimum atomic E-state index is -0.415. The van der Waals surface area contributed by atoms with Crippen LogP contribution in [0, 0.1) is 0 Å². The van der Waals surface area contributed by atoms with Crippen LogP contribution in [-0.2, 0) is 0 Å².